The molecule has 4 heteroatoms. The van der Waals surface area contributed by atoms with Gasteiger partial charge in [-0.05, 0) is 18.1 Å². The first-order valence-corrected chi connectivity index (χ1v) is 6.89. The maximum absolute atomic E-state index is 5.76. The number of aromatic nitrogens is 1. The van der Waals surface area contributed by atoms with Gasteiger partial charge < -0.3 is 10.6 Å². The summed E-state index contributed by atoms with van der Waals surface area (Å²) >= 11 is 2.08. The second kappa shape index (κ2) is 5.55. The first-order valence-electron chi connectivity index (χ1n) is 5.84. The second-order valence-electron chi connectivity index (χ2n) is 4.06. The van der Waals surface area contributed by atoms with Crippen LogP contribution in [-0.4, -0.2) is 29.1 Å². The van der Waals surface area contributed by atoms with E-state index in [2.05, 4.69) is 28.6 Å². The number of thioether (sulfide) groups is 1. The van der Waals surface area contributed by atoms with E-state index < -0.39 is 0 Å². The van der Waals surface area contributed by atoms with Crippen LogP contribution < -0.4 is 10.6 Å². The molecule has 2 N–H and O–H groups in total. The number of nitrogens with two attached hydrogens (primary N) is 1. The summed E-state index contributed by atoms with van der Waals surface area (Å²) in [7, 11) is 0. The van der Waals surface area contributed by atoms with Crippen LogP contribution in [0.2, 0.25) is 0 Å². The van der Waals surface area contributed by atoms with Crippen LogP contribution in [0.1, 0.15) is 18.9 Å². The highest BCUT2D eigenvalue weighted by Crippen LogP contribution is 2.27. The fourth-order valence-electron chi connectivity index (χ4n) is 2.06. The molecule has 1 aliphatic rings. The summed E-state index contributed by atoms with van der Waals surface area (Å²) in [6.07, 6.45) is 5.01. The molecule has 3 nitrogen and oxygen atoms in total. The molecule has 0 bridgehead atoms. The van der Waals surface area contributed by atoms with Gasteiger partial charge in [-0.25, -0.2) is 0 Å². The van der Waals surface area contributed by atoms with Gasteiger partial charge in [-0.3, -0.25) is 4.98 Å². The van der Waals surface area contributed by atoms with E-state index in [1.165, 1.54) is 23.4 Å². The number of hydrogen-bond donors (Lipinski definition) is 1. The lowest BCUT2D eigenvalue weighted by Crippen LogP contribution is -2.38. The number of hydrogen-bond acceptors (Lipinski definition) is 4. The summed E-state index contributed by atoms with van der Waals surface area (Å²) in [6, 6.07) is 2.03. The number of anilines is 1. The van der Waals surface area contributed by atoms with Crippen molar-refractivity contribution in [2.24, 2.45) is 5.73 Å². The number of pyridine rings is 1. The molecule has 1 saturated heterocycles. The lowest BCUT2D eigenvalue weighted by molar-refractivity contribution is 0.723. The van der Waals surface area contributed by atoms with Crippen LogP contribution in [0.3, 0.4) is 0 Å². The summed E-state index contributed by atoms with van der Waals surface area (Å²) in [5, 5.41) is 0.750. The minimum absolute atomic E-state index is 0.596. The lowest BCUT2D eigenvalue weighted by Gasteiger charge is -2.34. The molecule has 88 valence electrons. The zero-order valence-corrected chi connectivity index (χ0v) is 10.5. The Morgan fingerprint density at radius 1 is 1.62 bits per heavy atom. The van der Waals surface area contributed by atoms with E-state index in [0.717, 1.165) is 18.3 Å². The van der Waals surface area contributed by atoms with E-state index >= 15 is 0 Å². The molecule has 1 fully saturated rings. The molecule has 0 saturated carbocycles. The minimum atomic E-state index is 0.596. The molecule has 0 amide bonds. The van der Waals surface area contributed by atoms with Crippen molar-refractivity contribution in [3.8, 4) is 0 Å². The van der Waals surface area contributed by atoms with Gasteiger partial charge in [0.15, 0.2) is 0 Å². The average molecular weight is 237 g/mol. The summed E-state index contributed by atoms with van der Waals surface area (Å²) in [6.45, 7) is 5.09. The largest absolute Gasteiger partial charge is 0.368 e. The van der Waals surface area contributed by atoms with E-state index in [1.54, 1.807) is 0 Å². The van der Waals surface area contributed by atoms with Gasteiger partial charge in [0.25, 0.3) is 0 Å². The van der Waals surface area contributed by atoms with Crippen LogP contribution in [0, 0.1) is 0 Å². The third-order valence-electron chi connectivity index (χ3n) is 3.04. The van der Waals surface area contributed by atoms with Gasteiger partial charge in [-0.15, -0.1) is 0 Å². The molecule has 16 heavy (non-hydrogen) atoms. The van der Waals surface area contributed by atoms with Crippen LogP contribution in [0.4, 0.5) is 5.69 Å². The number of nitrogens with zero attached hydrogens (tertiary/aromatic N) is 2. The summed E-state index contributed by atoms with van der Waals surface area (Å²) < 4.78 is 0. The fourth-order valence-corrected chi connectivity index (χ4v) is 3.24. The molecule has 0 spiro atoms. The summed E-state index contributed by atoms with van der Waals surface area (Å²) in [5.41, 5.74) is 8.20. The van der Waals surface area contributed by atoms with Gasteiger partial charge in [0, 0.05) is 36.8 Å². The molecule has 0 aromatic carbocycles. The first kappa shape index (κ1) is 11.7. The fraction of sp³-hybridized carbons (Fsp3) is 0.583. The Labute approximate surface area is 101 Å². The molecule has 2 rings (SSSR count). The lowest BCUT2D eigenvalue weighted by atomic mass is 10.2. The predicted octanol–water partition coefficient (Wildman–Crippen LogP) is 1.87. The molecule has 1 unspecified atom stereocenters. The predicted molar refractivity (Wildman–Crippen MR) is 70.9 cm³/mol. The molecule has 1 aromatic heterocycles. The zero-order chi connectivity index (χ0) is 11.4. The van der Waals surface area contributed by atoms with Crippen molar-refractivity contribution in [1.29, 1.82) is 0 Å². The molecule has 0 radical (unpaired) electrons. The smallest absolute Gasteiger partial charge is 0.0598 e. The van der Waals surface area contributed by atoms with Crippen LogP contribution >= 0.6 is 11.8 Å². The van der Waals surface area contributed by atoms with Gasteiger partial charge in [-0.2, -0.15) is 11.8 Å². The molecule has 0 aliphatic carbocycles. The Balaban J connectivity index is 2.16. The average Bonchev–Trinajstić information content (AvgIpc) is 2.38. The van der Waals surface area contributed by atoms with Gasteiger partial charge >= 0.3 is 0 Å². The SMILES string of the molecule is CCC1CN(c2cnccc2CN)CCS1. The molecular formula is C12H19N3S. The Bertz CT molecular complexity index is 343. The third-order valence-corrected chi connectivity index (χ3v) is 4.41. The maximum atomic E-state index is 5.76. The highest BCUT2D eigenvalue weighted by molar-refractivity contribution is 8.00. The van der Waals surface area contributed by atoms with E-state index in [1.807, 2.05) is 18.5 Å². The summed E-state index contributed by atoms with van der Waals surface area (Å²) in [5.74, 6) is 1.21. The van der Waals surface area contributed by atoms with Gasteiger partial charge in [0.1, 0.15) is 0 Å². The molecule has 1 aliphatic heterocycles. The van der Waals surface area contributed by atoms with Crippen molar-refractivity contribution >= 4 is 17.4 Å². The van der Waals surface area contributed by atoms with Crippen molar-refractivity contribution < 1.29 is 0 Å². The quantitative estimate of drug-likeness (QED) is 0.871. The molecule has 2 heterocycles. The van der Waals surface area contributed by atoms with Gasteiger partial charge in [0.05, 0.1) is 11.9 Å². The zero-order valence-electron chi connectivity index (χ0n) is 9.72. The summed E-state index contributed by atoms with van der Waals surface area (Å²) in [4.78, 5) is 6.65. The highest BCUT2D eigenvalue weighted by atomic mass is 32.2. The van der Waals surface area contributed by atoms with E-state index in [-0.39, 0.29) is 0 Å². The van der Waals surface area contributed by atoms with Gasteiger partial charge in [0.2, 0.25) is 0 Å². The second-order valence-corrected chi connectivity index (χ2v) is 5.46. The van der Waals surface area contributed by atoms with Crippen molar-refractivity contribution in [1.82, 2.24) is 4.98 Å². The Morgan fingerprint density at radius 2 is 2.50 bits per heavy atom. The molecule has 1 atom stereocenters. The van der Waals surface area contributed by atoms with Crippen molar-refractivity contribution in [3.05, 3.63) is 24.0 Å². The van der Waals surface area contributed by atoms with Crippen LogP contribution in [-0.2, 0) is 6.54 Å². The van der Waals surface area contributed by atoms with Crippen molar-refractivity contribution in [2.45, 2.75) is 25.1 Å². The standard InChI is InChI=1S/C12H19N3S/c1-2-11-9-15(5-6-16-11)12-8-14-4-3-10(12)7-13/h3-4,8,11H,2,5-7,9,13H2,1H3. The first-order chi connectivity index (χ1) is 7.85. The van der Waals surface area contributed by atoms with E-state index in [4.69, 9.17) is 5.73 Å². The monoisotopic (exact) mass is 237 g/mol. The van der Waals surface area contributed by atoms with Crippen molar-refractivity contribution in [2.75, 3.05) is 23.7 Å². The van der Waals surface area contributed by atoms with Crippen molar-refractivity contribution in [3.63, 3.8) is 0 Å². The maximum Gasteiger partial charge on any atom is 0.0598 e. The van der Waals surface area contributed by atoms with E-state index in [9.17, 15) is 0 Å². The molecular weight excluding hydrogens is 218 g/mol. The highest BCUT2D eigenvalue weighted by Gasteiger charge is 2.20. The topological polar surface area (TPSA) is 42.2 Å². The Morgan fingerprint density at radius 3 is 3.25 bits per heavy atom. The van der Waals surface area contributed by atoms with Gasteiger partial charge in [-0.1, -0.05) is 6.92 Å². The minimum Gasteiger partial charge on any atom is -0.368 e. The number of rotatable bonds is 3. The van der Waals surface area contributed by atoms with Crippen LogP contribution in [0.25, 0.3) is 0 Å². The normalized spacial score (nSPS) is 21.1. The Kier molecular flexibility index (Phi) is 4.07. The molecule has 1 aromatic rings. The Hall–Kier alpha value is -0.740. The van der Waals surface area contributed by atoms with Crippen LogP contribution in [0.5, 0.6) is 0 Å². The third kappa shape index (κ3) is 2.50. The van der Waals surface area contributed by atoms with E-state index in [0.29, 0.717) is 6.54 Å². The van der Waals surface area contributed by atoms with Crippen LogP contribution in [0.15, 0.2) is 18.5 Å².